The van der Waals surface area contributed by atoms with E-state index in [9.17, 15) is 4.79 Å². The molecule has 116 valence electrons. The third kappa shape index (κ3) is 4.24. The van der Waals surface area contributed by atoms with Crippen molar-refractivity contribution in [1.82, 2.24) is 0 Å². The summed E-state index contributed by atoms with van der Waals surface area (Å²) in [6.45, 7) is 3.85. The number of hydrogen-bond donors (Lipinski definition) is 1. The molecule has 0 saturated carbocycles. The van der Waals surface area contributed by atoms with Crippen LogP contribution in [0.4, 0.5) is 5.69 Å². The summed E-state index contributed by atoms with van der Waals surface area (Å²) in [6.07, 6.45) is 0.856. The van der Waals surface area contributed by atoms with Gasteiger partial charge < -0.3 is 10.1 Å². The van der Waals surface area contributed by atoms with Crippen molar-refractivity contribution < 1.29 is 9.53 Å². The number of halogens is 2. The van der Waals surface area contributed by atoms with Crippen LogP contribution in [0.25, 0.3) is 0 Å². The fourth-order valence-corrected chi connectivity index (χ4v) is 3.17. The molecular weight excluding hydrogens is 366 g/mol. The van der Waals surface area contributed by atoms with Crippen LogP contribution in [0.1, 0.15) is 18.1 Å². The Kier molecular flexibility index (Phi) is 5.86. The third-order valence-corrected chi connectivity index (χ3v) is 3.95. The lowest BCUT2D eigenvalue weighted by Crippen LogP contribution is -2.21. The fraction of sp³-hybridized carbons (Fsp3) is 0.235. The van der Waals surface area contributed by atoms with E-state index in [1.165, 1.54) is 0 Å². The largest absolute Gasteiger partial charge is 0.482 e. The molecule has 2 aromatic carbocycles. The number of rotatable bonds is 5. The number of benzene rings is 2. The van der Waals surface area contributed by atoms with E-state index < -0.39 is 0 Å². The Morgan fingerprint density at radius 1 is 1.32 bits per heavy atom. The molecule has 5 heteroatoms. The highest BCUT2D eigenvalue weighted by Gasteiger charge is 2.11. The molecule has 1 amide bonds. The van der Waals surface area contributed by atoms with Crippen LogP contribution in [0.3, 0.4) is 0 Å². The molecule has 0 atom stereocenters. The topological polar surface area (TPSA) is 38.3 Å². The number of para-hydroxylation sites is 1. The lowest BCUT2D eigenvalue weighted by atomic mass is 10.1. The molecule has 1 N–H and O–H groups in total. The number of aryl methyl sites for hydroxylation is 2. The zero-order valence-electron chi connectivity index (χ0n) is 12.5. The summed E-state index contributed by atoms with van der Waals surface area (Å²) < 4.78 is 6.44. The van der Waals surface area contributed by atoms with Crippen molar-refractivity contribution in [3.8, 4) is 5.75 Å². The zero-order valence-corrected chi connectivity index (χ0v) is 14.8. The van der Waals surface area contributed by atoms with Gasteiger partial charge in [0.1, 0.15) is 5.75 Å². The summed E-state index contributed by atoms with van der Waals surface area (Å²) in [5.74, 6) is 0.322. The van der Waals surface area contributed by atoms with E-state index in [4.69, 9.17) is 16.3 Å². The van der Waals surface area contributed by atoms with E-state index in [0.717, 1.165) is 27.7 Å². The fourth-order valence-electron chi connectivity index (χ4n) is 2.15. The Morgan fingerprint density at radius 3 is 2.73 bits per heavy atom. The van der Waals surface area contributed by atoms with Crippen LogP contribution in [-0.2, 0) is 11.2 Å². The second kappa shape index (κ2) is 7.65. The van der Waals surface area contributed by atoms with Crippen LogP contribution in [0, 0.1) is 6.92 Å². The molecule has 0 aliphatic carbocycles. The molecule has 2 aromatic rings. The maximum absolute atomic E-state index is 12.1. The summed E-state index contributed by atoms with van der Waals surface area (Å²) in [6, 6.07) is 11.4. The van der Waals surface area contributed by atoms with Gasteiger partial charge in [0.2, 0.25) is 0 Å². The van der Waals surface area contributed by atoms with Gasteiger partial charge in [-0.1, -0.05) is 52.7 Å². The Morgan fingerprint density at radius 2 is 2.05 bits per heavy atom. The molecule has 22 heavy (non-hydrogen) atoms. The average Bonchev–Trinajstić information content (AvgIpc) is 2.46. The van der Waals surface area contributed by atoms with Crippen molar-refractivity contribution in [3.63, 3.8) is 0 Å². The van der Waals surface area contributed by atoms with E-state index >= 15 is 0 Å². The van der Waals surface area contributed by atoms with E-state index in [0.29, 0.717) is 10.8 Å². The first-order chi connectivity index (χ1) is 10.5. The molecule has 0 aliphatic rings. The SMILES string of the molecule is CCc1ccccc1NC(=O)COc1c(C)cc(Br)cc1Cl. The van der Waals surface area contributed by atoms with Crippen molar-refractivity contribution in [3.05, 3.63) is 57.0 Å². The molecule has 0 unspecified atom stereocenters. The van der Waals surface area contributed by atoms with Crippen LogP contribution in [-0.4, -0.2) is 12.5 Å². The Balaban J connectivity index is 2.02. The number of amides is 1. The monoisotopic (exact) mass is 381 g/mol. The Hall–Kier alpha value is -1.52. The van der Waals surface area contributed by atoms with Gasteiger partial charge >= 0.3 is 0 Å². The van der Waals surface area contributed by atoms with Crippen LogP contribution in [0.15, 0.2) is 40.9 Å². The Bertz CT molecular complexity index is 665. The molecule has 0 bridgehead atoms. The van der Waals surface area contributed by atoms with Gasteiger partial charge in [0, 0.05) is 10.2 Å². The van der Waals surface area contributed by atoms with Crippen LogP contribution in [0.5, 0.6) is 5.75 Å². The molecule has 0 radical (unpaired) electrons. The number of hydrogen-bond acceptors (Lipinski definition) is 2. The lowest BCUT2D eigenvalue weighted by molar-refractivity contribution is -0.118. The van der Waals surface area contributed by atoms with Gasteiger partial charge in [-0.15, -0.1) is 0 Å². The molecule has 0 saturated heterocycles. The average molecular weight is 383 g/mol. The highest BCUT2D eigenvalue weighted by atomic mass is 79.9. The molecule has 3 nitrogen and oxygen atoms in total. The zero-order chi connectivity index (χ0) is 16.1. The van der Waals surface area contributed by atoms with Gasteiger partial charge in [-0.2, -0.15) is 0 Å². The number of carbonyl (C=O) groups is 1. The molecule has 0 heterocycles. The smallest absolute Gasteiger partial charge is 0.262 e. The third-order valence-electron chi connectivity index (χ3n) is 3.21. The van der Waals surface area contributed by atoms with E-state index in [2.05, 4.69) is 21.2 Å². The van der Waals surface area contributed by atoms with E-state index in [-0.39, 0.29) is 12.5 Å². The summed E-state index contributed by atoms with van der Waals surface area (Å²) in [5.41, 5.74) is 2.78. The summed E-state index contributed by atoms with van der Waals surface area (Å²) >= 11 is 9.51. The predicted molar refractivity (Wildman–Crippen MR) is 93.8 cm³/mol. The number of ether oxygens (including phenoxy) is 1. The highest BCUT2D eigenvalue weighted by molar-refractivity contribution is 9.10. The quantitative estimate of drug-likeness (QED) is 0.791. The lowest BCUT2D eigenvalue weighted by Gasteiger charge is -2.13. The molecule has 0 aliphatic heterocycles. The first-order valence-electron chi connectivity index (χ1n) is 6.97. The maximum Gasteiger partial charge on any atom is 0.262 e. The molecule has 0 spiro atoms. The highest BCUT2D eigenvalue weighted by Crippen LogP contribution is 2.31. The van der Waals surface area contributed by atoms with Crippen LogP contribution >= 0.6 is 27.5 Å². The minimum absolute atomic E-state index is 0.0831. The normalized spacial score (nSPS) is 10.4. The first-order valence-corrected chi connectivity index (χ1v) is 8.14. The maximum atomic E-state index is 12.1. The second-order valence-electron chi connectivity index (χ2n) is 4.88. The molecule has 2 rings (SSSR count). The van der Waals surface area contributed by atoms with Crippen LogP contribution in [0.2, 0.25) is 5.02 Å². The second-order valence-corrected chi connectivity index (χ2v) is 6.20. The van der Waals surface area contributed by atoms with Gasteiger partial charge in [0.05, 0.1) is 5.02 Å². The summed E-state index contributed by atoms with van der Waals surface area (Å²) in [5, 5.41) is 3.35. The van der Waals surface area contributed by atoms with E-state index in [1.54, 1.807) is 6.07 Å². The molecule has 0 aromatic heterocycles. The Labute approximate surface area is 143 Å². The minimum atomic E-state index is -0.209. The first kappa shape index (κ1) is 16.8. The van der Waals surface area contributed by atoms with E-state index in [1.807, 2.05) is 44.2 Å². The predicted octanol–water partition coefficient (Wildman–Crippen LogP) is 4.99. The number of nitrogens with one attached hydrogen (secondary N) is 1. The van der Waals surface area contributed by atoms with Crippen molar-refractivity contribution in [2.75, 3.05) is 11.9 Å². The number of anilines is 1. The van der Waals surface area contributed by atoms with Crippen molar-refractivity contribution in [2.45, 2.75) is 20.3 Å². The summed E-state index contributed by atoms with van der Waals surface area (Å²) in [4.78, 5) is 12.1. The van der Waals surface area contributed by atoms with Crippen molar-refractivity contribution in [1.29, 1.82) is 0 Å². The molecular formula is C17H17BrClNO2. The van der Waals surface area contributed by atoms with Gasteiger partial charge in [-0.05, 0) is 42.7 Å². The molecule has 0 fully saturated rings. The van der Waals surface area contributed by atoms with Crippen molar-refractivity contribution in [2.24, 2.45) is 0 Å². The van der Waals surface area contributed by atoms with Crippen LogP contribution < -0.4 is 10.1 Å². The minimum Gasteiger partial charge on any atom is -0.482 e. The van der Waals surface area contributed by atoms with Gasteiger partial charge in [0.25, 0.3) is 5.91 Å². The van der Waals surface area contributed by atoms with Gasteiger partial charge in [0.15, 0.2) is 6.61 Å². The van der Waals surface area contributed by atoms with Crippen molar-refractivity contribution >= 4 is 39.1 Å². The number of carbonyl (C=O) groups excluding carboxylic acids is 1. The van der Waals surface area contributed by atoms with Gasteiger partial charge in [-0.25, -0.2) is 0 Å². The van der Waals surface area contributed by atoms with Gasteiger partial charge in [-0.3, -0.25) is 4.79 Å². The standard InChI is InChI=1S/C17H17BrClNO2/c1-3-12-6-4-5-7-15(12)20-16(21)10-22-17-11(2)8-13(18)9-14(17)19/h4-9H,3,10H2,1-2H3,(H,20,21). The summed E-state index contributed by atoms with van der Waals surface area (Å²) in [7, 11) is 0.